The molecule has 0 bridgehead atoms. The third-order valence-corrected chi connectivity index (χ3v) is 2.73. The fourth-order valence-electron chi connectivity index (χ4n) is 1.64. The van der Waals surface area contributed by atoms with Crippen LogP contribution in [0.2, 0.25) is 0 Å². The highest BCUT2D eigenvalue weighted by atomic mass is 16.3. The van der Waals surface area contributed by atoms with E-state index >= 15 is 0 Å². The third-order valence-electron chi connectivity index (χ3n) is 2.73. The van der Waals surface area contributed by atoms with E-state index in [0.717, 1.165) is 11.3 Å². The van der Waals surface area contributed by atoms with Gasteiger partial charge in [0, 0.05) is 11.8 Å². The zero-order valence-electron chi connectivity index (χ0n) is 10.1. The lowest BCUT2D eigenvalue weighted by Crippen LogP contribution is -1.99. The van der Waals surface area contributed by atoms with E-state index in [1.807, 2.05) is 0 Å². The van der Waals surface area contributed by atoms with Gasteiger partial charge in [0.1, 0.15) is 5.75 Å². The van der Waals surface area contributed by atoms with Crippen molar-refractivity contribution < 1.29 is 5.11 Å². The molecule has 0 amide bonds. The molecular weight excluding hydrogens is 228 g/mol. The van der Waals surface area contributed by atoms with Crippen molar-refractivity contribution in [2.24, 2.45) is 0 Å². The molecule has 0 saturated carbocycles. The standard InChI is InChI=1S/C13H16N4O/c1-7-4-11(16)12(6-13(7)18)17-8-2-3-9(14)10(15)5-8/h2-6,17-18H,14-16H2,1H3. The molecule has 0 spiro atoms. The summed E-state index contributed by atoms with van der Waals surface area (Å²) in [6.07, 6.45) is 0. The Labute approximate surface area is 105 Å². The average Bonchev–Trinajstić information content (AvgIpc) is 2.31. The number of phenolic OH excluding ortho intramolecular Hbond substituents is 1. The molecule has 18 heavy (non-hydrogen) atoms. The summed E-state index contributed by atoms with van der Waals surface area (Å²) < 4.78 is 0. The van der Waals surface area contributed by atoms with Crippen LogP contribution in [0.4, 0.5) is 28.4 Å². The number of nitrogen functional groups attached to an aromatic ring is 3. The molecule has 2 aromatic carbocycles. The van der Waals surface area contributed by atoms with Crippen LogP contribution in [0.5, 0.6) is 5.75 Å². The van der Waals surface area contributed by atoms with Crippen molar-refractivity contribution in [1.82, 2.24) is 0 Å². The van der Waals surface area contributed by atoms with Crippen LogP contribution in [0, 0.1) is 6.92 Å². The predicted molar refractivity (Wildman–Crippen MR) is 75.8 cm³/mol. The van der Waals surface area contributed by atoms with Crippen molar-refractivity contribution in [3.8, 4) is 5.75 Å². The van der Waals surface area contributed by atoms with Gasteiger partial charge in [-0.15, -0.1) is 0 Å². The highest BCUT2D eigenvalue weighted by molar-refractivity contribution is 5.78. The maximum absolute atomic E-state index is 9.66. The van der Waals surface area contributed by atoms with E-state index in [9.17, 15) is 5.11 Å². The fraction of sp³-hybridized carbons (Fsp3) is 0.0769. The van der Waals surface area contributed by atoms with Gasteiger partial charge in [-0.05, 0) is 36.8 Å². The van der Waals surface area contributed by atoms with E-state index in [1.54, 1.807) is 37.3 Å². The van der Waals surface area contributed by atoms with Gasteiger partial charge in [0.15, 0.2) is 0 Å². The molecule has 8 N–H and O–H groups in total. The Morgan fingerprint density at radius 2 is 1.67 bits per heavy atom. The quantitative estimate of drug-likeness (QED) is 0.411. The molecule has 0 aliphatic rings. The first-order valence-corrected chi connectivity index (χ1v) is 5.48. The Morgan fingerprint density at radius 3 is 2.33 bits per heavy atom. The lowest BCUT2D eigenvalue weighted by atomic mass is 10.1. The Morgan fingerprint density at radius 1 is 0.944 bits per heavy atom. The summed E-state index contributed by atoms with van der Waals surface area (Å²) in [6.45, 7) is 1.79. The molecule has 0 aliphatic heterocycles. The SMILES string of the molecule is Cc1cc(N)c(Nc2ccc(N)c(N)c2)cc1O. The largest absolute Gasteiger partial charge is 0.508 e. The molecule has 0 fully saturated rings. The molecular formula is C13H16N4O. The minimum Gasteiger partial charge on any atom is -0.508 e. The maximum atomic E-state index is 9.66. The average molecular weight is 244 g/mol. The van der Waals surface area contributed by atoms with Gasteiger partial charge >= 0.3 is 0 Å². The second kappa shape index (κ2) is 4.37. The summed E-state index contributed by atoms with van der Waals surface area (Å²) in [7, 11) is 0. The second-order valence-electron chi connectivity index (χ2n) is 4.19. The zero-order valence-corrected chi connectivity index (χ0v) is 10.1. The first-order valence-electron chi connectivity index (χ1n) is 5.48. The highest BCUT2D eigenvalue weighted by Crippen LogP contribution is 2.31. The van der Waals surface area contributed by atoms with Crippen molar-refractivity contribution in [3.63, 3.8) is 0 Å². The number of hydrogen-bond donors (Lipinski definition) is 5. The molecule has 0 heterocycles. The van der Waals surface area contributed by atoms with Crippen molar-refractivity contribution in [2.45, 2.75) is 6.92 Å². The van der Waals surface area contributed by atoms with E-state index in [4.69, 9.17) is 17.2 Å². The fourth-order valence-corrected chi connectivity index (χ4v) is 1.64. The normalized spacial score (nSPS) is 10.3. The minimum absolute atomic E-state index is 0.190. The van der Waals surface area contributed by atoms with Crippen LogP contribution in [0.3, 0.4) is 0 Å². The molecule has 2 rings (SSSR count). The molecule has 2 aromatic rings. The summed E-state index contributed by atoms with van der Waals surface area (Å²) in [5, 5.41) is 12.7. The Bertz CT molecular complexity index is 596. The van der Waals surface area contributed by atoms with Crippen molar-refractivity contribution >= 4 is 28.4 Å². The van der Waals surface area contributed by atoms with Gasteiger partial charge in [-0.3, -0.25) is 0 Å². The molecule has 0 atom stereocenters. The number of nitrogens with two attached hydrogens (primary N) is 3. The molecule has 0 aromatic heterocycles. The van der Waals surface area contributed by atoms with Crippen LogP contribution in [0.15, 0.2) is 30.3 Å². The summed E-state index contributed by atoms with van der Waals surface area (Å²) in [5.41, 5.74) is 20.9. The number of aryl methyl sites for hydroxylation is 1. The van der Waals surface area contributed by atoms with Gasteiger partial charge in [0.05, 0.1) is 22.7 Å². The van der Waals surface area contributed by atoms with Crippen LogP contribution >= 0.6 is 0 Å². The predicted octanol–water partition coefficient (Wildman–Crippen LogP) is 2.19. The van der Waals surface area contributed by atoms with Gasteiger partial charge in [0.2, 0.25) is 0 Å². The van der Waals surface area contributed by atoms with Crippen molar-refractivity contribution in [1.29, 1.82) is 0 Å². The number of nitrogens with one attached hydrogen (secondary N) is 1. The maximum Gasteiger partial charge on any atom is 0.120 e. The van der Waals surface area contributed by atoms with E-state index in [2.05, 4.69) is 5.32 Å². The number of rotatable bonds is 2. The molecule has 0 saturated heterocycles. The number of phenols is 1. The monoisotopic (exact) mass is 244 g/mol. The van der Waals surface area contributed by atoms with Crippen LogP contribution < -0.4 is 22.5 Å². The van der Waals surface area contributed by atoms with Gasteiger partial charge in [0.25, 0.3) is 0 Å². The summed E-state index contributed by atoms with van der Waals surface area (Å²) in [6, 6.07) is 8.51. The lowest BCUT2D eigenvalue weighted by Gasteiger charge is -2.12. The second-order valence-corrected chi connectivity index (χ2v) is 4.19. The molecule has 0 radical (unpaired) electrons. The smallest absolute Gasteiger partial charge is 0.120 e. The van der Waals surface area contributed by atoms with E-state index in [1.165, 1.54) is 0 Å². The number of aromatic hydroxyl groups is 1. The van der Waals surface area contributed by atoms with Gasteiger partial charge in [-0.25, -0.2) is 0 Å². The molecule has 0 unspecified atom stereocenters. The Kier molecular flexibility index (Phi) is 2.89. The summed E-state index contributed by atoms with van der Waals surface area (Å²) in [4.78, 5) is 0. The molecule has 94 valence electrons. The number of anilines is 5. The number of hydrogen-bond acceptors (Lipinski definition) is 5. The Balaban J connectivity index is 2.34. The van der Waals surface area contributed by atoms with Crippen LogP contribution in [0.25, 0.3) is 0 Å². The summed E-state index contributed by atoms with van der Waals surface area (Å²) >= 11 is 0. The molecule has 5 nitrogen and oxygen atoms in total. The van der Waals surface area contributed by atoms with E-state index in [0.29, 0.717) is 22.7 Å². The molecule has 0 aliphatic carbocycles. The molecule has 5 heteroatoms. The van der Waals surface area contributed by atoms with Crippen LogP contribution in [-0.4, -0.2) is 5.11 Å². The van der Waals surface area contributed by atoms with Crippen LogP contribution in [0.1, 0.15) is 5.56 Å². The van der Waals surface area contributed by atoms with Crippen LogP contribution in [-0.2, 0) is 0 Å². The summed E-state index contributed by atoms with van der Waals surface area (Å²) in [5.74, 6) is 0.190. The third kappa shape index (κ3) is 2.24. The first kappa shape index (κ1) is 11.9. The van der Waals surface area contributed by atoms with E-state index < -0.39 is 0 Å². The first-order chi connectivity index (χ1) is 8.47. The number of benzene rings is 2. The zero-order chi connectivity index (χ0) is 13.3. The highest BCUT2D eigenvalue weighted by Gasteiger charge is 2.05. The van der Waals surface area contributed by atoms with Crippen molar-refractivity contribution in [3.05, 3.63) is 35.9 Å². The van der Waals surface area contributed by atoms with Gasteiger partial charge in [-0.2, -0.15) is 0 Å². The topological polar surface area (TPSA) is 110 Å². The minimum atomic E-state index is 0.190. The van der Waals surface area contributed by atoms with E-state index in [-0.39, 0.29) is 5.75 Å². The Hall–Kier alpha value is -2.56. The van der Waals surface area contributed by atoms with Gasteiger partial charge in [-0.1, -0.05) is 0 Å². The van der Waals surface area contributed by atoms with Crippen molar-refractivity contribution in [2.75, 3.05) is 22.5 Å². The lowest BCUT2D eigenvalue weighted by molar-refractivity contribution is 0.471. The van der Waals surface area contributed by atoms with Gasteiger partial charge < -0.3 is 27.6 Å².